The van der Waals surface area contributed by atoms with Gasteiger partial charge in [0.2, 0.25) is 0 Å². The Hall–Kier alpha value is -2.34. The second-order valence-corrected chi connectivity index (χ2v) is 3.61. The number of benzene rings is 1. The maximum Gasteiger partial charge on any atom is 0.147 e. The summed E-state index contributed by atoms with van der Waals surface area (Å²) >= 11 is 0. The van der Waals surface area contributed by atoms with Gasteiger partial charge in [0.25, 0.3) is 0 Å². The van der Waals surface area contributed by atoms with Gasteiger partial charge in [0.1, 0.15) is 17.5 Å². The standard InChI is InChI=1S/C14H12N2O/c1-17-14-7-8-16-13(10-15)12(14)9-11-5-3-2-4-6-11/h2-8H,9H2,1H3. The molecule has 0 amide bonds. The Morgan fingerprint density at radius 3 is 2.65 bits per heavy atom. The van der Waals surface area contributed by atoms with Crippen LogP contribution in [0.4, 0.5) is 0 Å². The molecule has 0 N–H and O–H groups in total. The summed E-state index contributed by atoms with van der Waals surface area (Å²) in [6, 6.07) is 13.8. The molecule has 0 atom stereocenters. The second kappa shape index (κ2) is 5.13. The largest absolute Gasteiger partial charge is 0.496 e. The van der Waals surface area contributed by atoms with Crippen LogP contribution in [0.15, 0.2) is 42.6 Å². The van der Waals surface area contributed by atoms with Gasteiger partial charge in [-0.05, 0) is 11.6 Å². The molecule has 2 aromatic rings. The molecule has 0 radical (unpaired) electrons. The molecule has 0 bridgehead atoms. The summed E-state index contributed by atoms with van der Waals surface area (Å²) in [7, 11) is 1.60. The zero-order chi connectivity index (χ0) is 12.1. The number of methoxy groups -OCH3 is 1. The maximum atomic E-state index is 9.05. The van der Waals surface area contributed by atoms with E-state index in [-0.39, 0.29) is 0 Å². The minimum atomic E-state index is 0.424. The fourth-order valence-corrected chi connectivity index (χ4v) is 1.73. The zero-order valence-corrected chi connectivity index (χ0v) is 9.55. The van der Waals surface area contributed by atoms with E-state index in [9.17, 15) is 0 Å². The normalized spacial score (nSPS) is 9.65. The van der Waals surface area contributed by atoms with Crippen molar-refractivity contribution in [2.75, 3.05) is 7.11 Å². The van der Waals surface area contributed by atoms with E-state index < -0.39 is 0 Å². The Balaban J connectivity index is 2.41. The van der Waals surface area contributed by atoms with Gasteiger partial charge in [0, 0.05) is 18.2 Å². The smallest absolute Gasteiger partial charge is 0.147 e. The molecule has 0 aliphatic heterocycles. The van der Waals surface area contributed by atoms with Gasteiger partial charge in [-0.15, -0.1) is 0 Å². The van der Waals surface area contributed by atoms with Gasteiger partial charge in [-0.3, -0.25) is 0 Å². The van der Waals surface area contributed by atoms with Crippen LogP contribution in [0, 0.1) is 11.3 Å². The summed E-state index contributed by atoms with van der Waals surface area (Å²) < 4.78 is 5.27. The Bertz CT molecular complexity index is 544. The molecular formula is C14H12N2O. The van der Waals surface area contributed by atoms with Gasteiger partial charge in [0.05, 0.1) is 7.11 Å². The molecule has 0 aliphatic carbocycles. The number of nitrogens with zero attached hydrogens (tertiary/aromatic N) is 2. The topological polar surface area (TPSA) is 45.9 Å². The molecule has 1 aromatic heterocycles. The van der Waals surface area contributed by atoms with E-state index >= 15 is 0 Å². The SMILES string of the molecule is COc1ccnc(C#N)c1Cc1ccccc1. The maximum absolute atomic E-state index is 9.05. The van der Waals surface area contributed by atoms with E-state index in [0.29, 0.717) is 17.9 Å². The molecule has 0 fully saturated rings. The summed E-state index contributed by atoms with van der Waals surface area (Å²) in [6.07, 6.45) is 2.24. The van der Waals surface area contributed by atoms with Gasteiger partial charge in [0.15, 0.2) is 0 Å². The average molecular weight is 224 g/mol. The van der Waals surface area contributed by atoms with Crippen LogP contribution < -0.4 is 4.74 Å². The van der Waals surface area contributed by atoms with Crippen molar-refractivity contribution in [1.82, 2.24) is 4.98 Å². The molecule has 0 saturated heterocycles. The van der Waals surface area contributed by atoms with E-state index in [1.807, 2.05) is 30.3 Å². The van der Waals surface area contributed by atoms with Crippen molar-refractivity contribution in [3.63, 3.8) is 0 Å². The van der Waals surface area contributed by atoms with Crippen LogP contribution in [-0.4, -0.2) is 12.1 Å². The van der Waals surface area contributed by atoms with Crippen molar-refractivity contribution < 1.29 is 4.74 Å². The van der Waals surface area contributed by atoms with E-state index in [0.717, 1.165) is 11.1 Å². The molecule has 0 unspecified atom stereocenters. The molecule has 3 heteroatoms. The lowest BCUT2D eigenvalue weighted by atomic mass is 10.0. The number of nitriles is 1. The minimum Gasteiger partial charge on any atom is -0.496 e. The first-order chi connectivity index (χ1) is 8.35. The molecule has 84 valence electrons. The van der Waals surface area contributed by atoms with E-state index in [1.165, 1.54) is 0 Å². The number of rotatable bonds is 3. The summed E-state index contributed by atoms with van der Waals surface area (Å²) in [5, 5.41) is 9.05. The van der Waals surface area contributed by atoms with Gasteiger partial charge < -0.3 is 4.74 Å². The van der Waals surface area contributed by atoms with Gasteiger partial charge in [-0.25, -0.2) is 4.98 Å². The van der Waals surface area contributed by atoms with E-state index in [4.69, 9.17) is 10.00 Å². The van der Waals surface area contributed by atoms with Crippen molar-refractivity contribution in [2.45, 2.75) is 6.42 Å². The number of ether oxygens (including phenoxy) is 1. The highest BCUT2D eigenvalue weighted by atomic mass is 16.5. The highest BCUT2D eigenvalue weighted by Gasteiger charge is 2.10. The van der Waals surface area contributed by atoms with Crippen LogP contribution in [0.3, 0.4) is 0 Å². The highest BCUT2D eigenvalue weighted by Crippen LogP contribution is 2.23. The summed E-state index contributed by atoms with van der Waals surface area (Å²) in [5.41, 5.74) is 2.40. The van der Waals surface area contributed by atoms with E-state index in [2.05, 4.69) is 11.1 Å². The minimum absolute atomic E-state index is 0.424. The Morgan fingerprint density at radius 2 is 2.00 bits per heavy atom. The predicted octanol–water partition coefficient (Wildman–Crippen LogP) is 2.55. The summed E-state index contributed by atoms with van der Waals surface area (Å²) in [6.45, 7) is 0. The molecule has 2 rings (SSSR count). The Morgan fingerprint density at radius 1 is 1.24 bits per heavy atom. The van der Waals surface area contributed by atoms with Crippen molar-refractivity contribution in [2.24, 2.45) is 0 Å². The molecule has 1 heterocycles. The van der Waals surface area contributed by atoms with Crippen LogP contribution in [0.2, 0.25) is 0 Å². The third kappa shape index (κ3) is 2.43. The first-order valence-corrected chi connectivity index (χ1v) is 5.31. The summed E-state index contributed by atoms with van der Waals surface area (Å²) in [5.74, 6) is 0.709. The van der Waals surface area contributed by atoms with Gasteiger partial charge in [-0.2, -0.15) is 5.26 Å². The number of aromatic nitrogens is 1. The van der Waals surface area contributed by atoms with Crippen LogP contribution in [0.5, 0.6) is 5.75 Å². The molecule has 0 spiro atoms. The van der Waals surface area contributed by atoms with Gasteiger partial charge >= 0.3 is 0 Å². The van der Waals surface area contributed by atoms with Crippen molar-refractivity contribution >= 4 is 0 Å². The molecule has 17 heavy (non-hydrogen) atoms. The lowest BCUT2D eigenvalue weighted by Crippen LogP contribution is -1.99. The number of hydrogen-bond acceptors (Lipinski definition) is 3. The summed E-state index contributed by atoms with van der Waals surface area (Å²) in [4.78, 5) is 4.06. The third-order valence-electron chi connectivity index (χ3n) is 2.56. The quantitative estimate of drug-likeness (QED) is 0.804. The van der Waals surface area contributed by atoms with Crippen LogP contribution in [-0.2, 0) is 6.42 Å². The molecule has 0 aliphatic rings. The van der Waals surface area contributed by atoms with Gasteiger partial charge in [-0.1, -0.05) is 30.3 Å². The van der Waals surface area contributed by atoms with E-state index in [1.54, 1.807) is 19.4 Å². The van der Waals surface area contributed by atoms with Crippen molar-refractivity contribution in [3.8, 4) is 11.8 Å². The Kier molecular flexibility index (Phi) is 3.37. The Labute approximate surface area is 100 Å². The lowest BCUT2D eigenvalue weighted by Gasteiger charge is -2.09. The monoisotopic (exact) mass is 224 g/mol. The fourth-order valence-electron chi connectivity index (χ4n) is 1.73. The first-order valence-electron chi connectivity index (χ1n) is 5.31. The van der Waals surface area contributed by atoms with Crippen LogP contribution in [0.1, 0.15) is 16.8 Å². The van der Waals surface area contributed by atoms with Crippen LogP contribution >= 0.6 is 0 Å². The molecule has 3 nitrogen and oxygen atoms in total. The zero-order valence-electron chi connectivity index (χ0n) is 9.55. The number of hydrogen-bond donors (Lipinski definition) is 0. The van der Waals surface area contributed by atoms with Crippen molar-refractivity contribution in [3.05, 3.63) is 59.4 Å². The van der Waals surface area contributed by atoms with Crippen LogP contribution in [0.25, 0.3) is 0 Å². The number of pyridine rings is 1. The average Bonchev–Trinajstić information content (AvgIpc) is 2.40. The third-order valence-corrected chi connectivity index (χ3v) is 2.56. The molecule has 1 aromatic carbocycles. The predicted molar refractivity (Wildman–Crippen MR) is 64.8 cm³/mol. The van der Waals surface area contributed by atoms with Crippen molar-refractivity contribution in [1.29, 1.82) is 5.26 Å². The lowest BCUT2D eigenvalue weighted by molar-refractivity contribution is 0.409. The first kappa shape index (κ1) is 11.2. The highest BCUT2D eigenvalue weighted by molar-refractivity contribution is 5.44. The molecular weight excluding hydrogens is 212 g/mol. The fraction of sp³-hybridized carbons (Fsp3) is 0.143. The molecule has 0 saturated carbocycles. The second-order valence-electron chi connectivity index (χ2n) is 3.61.